The molecule has 0 aromatic rings. The van der Waals surface area contributed by atoms with E-state index < -0.39 is 11.1 Å². The Hall–Kier alpha value is -1.10. The zero-order valence-corrected chi connectivity index (χ0v) is 12.7. The van der Waals surface area contributed by atoms with Crippen molar-refractivity contribution in [3.8, 4) is 12.1 Å². The topological polar surface area (TPSA) is 71.0 Å². The first kappa shape index (κ1) is 14.8. The van der Waals surface area contributed by atoms with Crippen molar-refractivity contribution in [1.82, 2.24) is 4.90 Å². The summed E-state index contributed by atoms with van der Waals surface area (Å²) in [5, 5.41) is 29.5. The Labute approximate surface area is 127 Å². The summed E-state index contributed by atoms with van der Waals surface area (Å²) in [6, 6.07) is 5.22. The number of aliphatic hydroxyl groups excluding tert-OH is 1. The molecule has 1 N–H and O–H groups in total. The van der Waals surface area contributed by atoms with Crippen LogP contribution in [0.15, 0.2) is 0 Å². The molecule has 21 heavy (non-hydrogen) atoms. The van der Waals surface area contributed by atoms with Gasteiger partial charge in [0.25, 0.3) is 0 Å². The Morgan fingerprint density at radius 3 is 1.90 bits per heavy atom. The fraction of sp³-hybridized carbons (Fsp3) is 0.882. The molecule has 3 fully saturated rings. The van der Waals surface area contributed by atoms with Gasteiger partial charge in [-0.3, -0.25) is 4.90 Å². The van der Waals surface area contributed by atoms with Crippen LogP contribution >= 0.6 is 0 Å². The molecular formula is C17H25N3O. The fourth-order valence-electron chi connectivity index (χ4n) is 5.41. The standard InChI is InChI=1S/C17H25N3O/c18-12-16-7-3-1-5-14(16)11-15-6-2-4-8-17(15,13-19)20(16)9-10-21/h14-15,21H,1-11H2/t14-,15+,16-,17-/m1/s1. The second-order valence-corrected chi connectivity index (χ2v) is 7.07. The summed E-state index contributed by atoms with van der Waals surface area (Å²) < 4.78 is 0. The first-order valence-electron chi connectivity index (χ1n) is 8.44. The molecule has 1 heterocycles. The molecule has 1 aliphatic heterocycles. The number of piperidine rings is 1. The molecule has 114 valence electrons. The highest BCUT2D eigenvalue weighted by Crippen LogP contribution is 2.55. The number of nitrogens with zero attached hydrogens (tertiary/aromatic N) is 3. The Morgan fingerprint density at radius 2 is 1.48 bits per heavy atom. The summed E-state index contributed by atoms with van der Waals surface area (Å²) in [7, 11) is 0. The van der Waals surface area contributed by atoms with E-state index in [1.54, 1.807) is 0 Å². The molecule has 0 bridgehead atoms. The molecule has 4 nitrogen and oxygen atoms in total. The first-order valence-corrected chi connectivity index (χ1v) is 8.44. The van der Waals surface area contributed by atoms with Crippen LogP contribution in [0.25, 0.3) is 0 Å². The second-order valence-electron chi connectivity index (χ2n) is 7.07. The summed E-state index contributed by atoms with van der Waals surface area (Å²) in [6.45, 7) is 0.500. The maximum atomic E-state index is 9.99. The zero-order chi connectivity index (χ0) is 14.9. The van der Waals surface area contributed by atoms with Crippen LogP contribution in [-0.2, 0) is 0 Å². The van der Waals surface area contributed by atoms with Gasteiger partial charge < -0.3 is 5.11 Å². The van der Waals surface area contributed by atoms with E-state index in [2.05, 4.69) is 17.0 Å². The lowest BCUT2D eigenvalue weighted by molar-refractivity contribution is -0.115. The Balaban J connectivity index is 2.07. The van der Waals surface area contributed by atoms with E-state index in [0.29, 0.717) is 18.4 Å². The van der Waals surface area contributed by atoms with E-state index in [4.69, 9.17) is 0 Å². The van der Waals surface area contributed by atoms with Crippen molar-refractivity contribution in [3.63, 3.8) is 0 Å². The van der Waals surface area contributed by atoms with Crippen molar-refractivity contribution in [2.24, 2.45) is 11.8 Å². The van der Waals surface area contributed by atoms with Crippen LogP contribution in [0.4, 0.5) is 0 Å². The van der Waals surface area contributed by atoms with E-state index >= 15 is 0 Å². The first-order chi connectivity index (χ1) is 10.2. The molecule has 0 radical (unpaired) electrons. The van der Waals surface area contributed by atoms with Crippen molar-refractivity contribution in [1.29, 1.82) is 10.5 Å². The summed E-state index contributed by atoms with van der Waals surface area (Å²) in [5.74, 6) is 0.764. The normalized spacial score (nSPS) is 43.2. The van der Waals surface area contributed by atoms with E-state index in [0.717, 1.165) is 44.9 Å². The van der Waals surface area contributed by atoms with Gasteiger partial charge in [-0.25, -0.2) is 0 Å². The van der Waals surface area contributed by atoms with Crippen LogP contribution in [0, 0.1) is 34.5 Å². The minimum absolute atomic E-state index is 0.0340. The Bertz CT molecular complexity index is 439. The van der Waals surface area contributed by atoms with Crippen molar-refractivity contribution in [2.75, 3.05) is 13.2 Å². The van der Waals surface area contributed by atoms with Crippen molar-refractivity contribution in [3.05, 3.63) is 0 Å². The van der Waals surface area contributed by atoms with E-state index in [1.807, 2.05) is 0 Å². The van der Waals surface area contributed by atoms with E-state index in [9.17, 15) is 15.6 Å². The Morgan fingerprint density at radius 1 is 0.952 bits per heavy atom. The average molecular weight is 287 g/mol. The molecule has 2 saturated carbocycles. The summed E-state index contributed by atoms with van der Waals surface area (Å²) >= 11 is 0. The third-order valence-corrected chi connectivity index (χ3v) is 6.31. The molecule has 0 unspecified atom stereocenters. The van der Waals surface area contributed by atoms with Gasteiger partial charge in [0.05, 0.1) is 18.7 Å². The van der Waals surface area contributed by atoms with Gasteiger partial charge in [0.1, 0.15) is 11.1 Å². The second kappa shape index (κ2) is 5.59. The van der Waals surface area contributed by atoms with Crippen LogP contribution in [0.5, 0.6) is 0 Å². The van der Waals surface area contributed by atoms with E-state index in [1.165, 1.54) is 12.8 Å². The van der Waals surface area contributed by atoms with Crippen LogP contribution in [0.2, 0.25) is 0 Å². The predicted molar refractivity (Wildman–Crippen MR) is 79.0 cm³/mol. The molecule has 4 heteroatoms. The van der Waals surface area contributed by atoms with Gasteiger partial charge in [-0.05, 0) is 43.9 Å². The molecule has 0 spiro atoms. The monoisotopic (exact) mass is 287 g/mol. The molecular weight excluding hydrogens is 262 g/mol. The molecule has 0 aromatic carbocycles. The van der Waals surface area contributed by atoms with Crippen LogP contribution in [0.1, 0.15) is 57.8 Å². The highest BCUT2D eigenvalue weighted by molar-refractivity contribution is 5.27. The average Bonchev–Trinajstić information content (AvgIpc) is 2.54. The molecule has 3 aliphatic rings. The largest absolute Gasteiger partial charge is 0.395 e. The molecule has 3 rings (SSSR count). The summed E-state index contributed by atoms with van der Waals surface area (Å²) in [6.07, 6.45) is 9.51. The number of β-amino-alcohol motifs (C(OH)–C–C–N with tert-alkyl or cyclic N) is 1. The quantitative estimate of drug-likeness (QED) is 0.847. The SMILES string of the molecule is N#C[C@]12CCCC[C@@H]1C[C@@H]1CCCC[C@]1(C#N)N2CCO. The number of aliphatic hydroxyl groups is 1. The van der Waals surface area contributed by atoms with Gasteiger partial charge in [-0.15, -0.1) is 0 Å². The smallest absolute Gasteiger partial charge is 0.113 e. The molecule has 1 saturated heterocycles. The molecule has 2 aliphatic carbocycles. The molecule has 0 aromatic heterocycles. The van der Waals surface area contributed by atoms with Gasteiger partial charge in [0, 0.05) is 6.54 Å². The minimum atomic E-state index is -0.509. The highest BCUT2D eigenvalue weighted by Gasteiger charge is 2.61. The van der Waals surface area contributed by atoms with Crippen molar-refractivity contribution in [2.45, 2.75) is 68.9 Å². The zero-order valence-electron chi connectivity index (χ0n) is 12.7. The third-order valence-electron chi connectivity index (χ3n) is 6.31. The Kier molecular flexibility index (Phi) is 3.95. The van der Waals surface area contributed by atoms with E-state index in [-0.39, 0.29) is 6.61 Å². The van der Waals surface area contributed by atoms with Gasteiger partial charge in [-0.2, -0.15) is 10.5 Å². The van der Waals surface area contributed by atoms with Crippen molar-refractivity contribution >= 4 is 0 Å². The third kappa shape index (κ3) is 2.00. The van der Waals surface area contributed by atoms with Gasteiger partial charge in [0.15, 0.2) is 0 Å². The minimum Gasteiger partial charge on any atom is -0.395 e. The number of likely N-dealkylation sites (tertiary alicyclic amines) is 1. The number of hydrogen-bond acceptors (Lipinski definition) is 4. The maximum absolute atomic E-state index is 9.99. The summed E-state index contributed by atoms with van der Waals surface area (Å²) in [5.41, 5.74) is -1.02. The summed E-state index contributed by atoms with van der Waals surface area (Å²) in [4.78, 5) is 2.15. The fourth-order valence-corrected chi connectivity index (χ4v) is 5.41. The van der Waals surface area contributed by atoms with Crippen molar-refractivity contribution < 1.29 is 5.11 Å². The lowest BCUT2D eigenvalue weighted by Crippen LogP contribution is -2.71. The maximum Gasteiger partial charge on any atom is 0.113 e. The lowest BCUT2D eigenvalue weighted by Gasteiger charge is -2.61. The number of rotatable bonds is 2. The molecule has 4 atom stereocenters. The molecule has 0 amide bonds. The number of hydrogen-bond donors (Lipinski definition) is 1. The van der Waals surface area contributed by atoms with Gasteiger partial charge >= 0.3 is 0 Å². The highest BCUT2D eigenvalue weighted by atomic mass is 16.3. The van der Waals surface area contributed by atoms with Crippen LogP contribution in [-0.4, -0.2) is 34.2 Å². The van der Waals surface area contributed by atoms with Gasteiger partial charge in [-0.1, -0.05) is 25.7 Å². The van der Waals surface area contributed by atoms with Gasteiger partial charge in [0.2, 0.25) is 0 Å². The van der Waals surface area contributed by atoms with Crippen LogP contribution < -0.4 is 0 Å². The predicted octanol–water partition coefficient (Wildman–Crippen LogP) is 2.59. The number of nitriles is 2. The van der Waals surface area contributed by atoms with Crippen LogP contribution in [0.3, 0.4) is 0 Å². The lowest BCUT2D eigenvalue weighted by atomic mass is 9.57. The number of fused-ring (bicyclic) bond motifs is 2.